The van der Waals surface area contributed by atoms with Crippen molar-refractivity contribution in [3.05, 3.63) is 34.1 Å². The fourth-order valence-corrected chi connectivity index (χ4v) is 4.27. The summed E-state index contributed by atoms with van der Waals surface area (Å²) < 4.78 is 17.8. The Hall–Kier alpha value is -0.740. The van der Waals surface area contributed by atoms with E-state index in [2.05, 4.69) is 0 Å². The lowest BCUT2D eigenvalue weighted by Crippen LogP contribution is -2.06. The molecule has 0 N–H and O–H groups in total. The first-order valence-electron chi connectivity index (χ1n) is 5.16. The molecular weight excluding hydrogens is 240 g/mol. The zero-order chi connectivity index (χ0) is 11.4. The Balaban J connectivity index is 2.17. The molecule has 1 saturated heterocycles. The van der Waals surface area contributed by atoms with Crippen LogP contribution in [0.2, 0.25) is 0 Å². The Kier molecular flexibility index (Phi) is 4.07. The van der Waals surface area contributed by atoms with Crippen LogP contribution in [0.3, 0.4) is 0 Å². The maximum Gasteiger partial charge on any atom is 0.118 e. The number of ether oxygens (including phenoxy) is 1. The highest BCUT2D eigenvalue weighted by molar-refractivity contribution is 8.17. The second-order valence-electron chi connectivity index (χ2n) is 3.49. The summed E-state index contributed by atoms with van der Waals surface area (Å²) in [5, 5.41) is 0. The third kappa shape index (κ3) is 2.89. The summed E-state index contributed by atoms with van der Waals surface area (Å²) in [4.78, 5) is 0. The number of methoxy groups -OCH3 is 1. The molecule has 0 aromatic heterocycles. The standard InChI is InChI=1S/C12H14O2S2/c1-14-11-5-3-10(4-6-11)9-12-15-7-2-8-16(12)13/h3-6,9H,2,7-8H2,1H3. The lowest BCUT2D eigenvalue weighted by atomic mass is 10.2. The molecule has 0 aliphatic carbocycles. The topological polar surface area (TPSA) is 26.3 Å². The Morgan fingerprint density at radius 1 is 1.38 bits per heavy atom. The number of hydrogen-bond acceptors (Lipinski definition) is 3. The Morgan fingerprint density at radius 2 is 2.12 bits per heavy atom. The first-order chi connectivity index (χ1) is 7.79. The number of hydrogen-bond donors (Lipinski definition) is 0. The van der Waals surface area contributed by atoms with Gasteiger partial charge in [0.1, 0.15) is 5.75 Å². The van der Waals surface area contributed by atoms with Crippen molar-refractivity contribution in [3.8, 4) is 5.75 Å². The molecular formula is C12H14O2S2. The van der Waals surface area contributed by atoms with Crippen LogP contribution in [-0.2, 0) is 10.8 Å². The van der Waals surface area contributed by atoms with Crippen LogP contribution in [0, 0.1) is 0 Å². The highest BCUT2D eigenvalue weighted by Gasteiger charge is 2.13. The van der Waals surface area contributed by atoms with E-state index in [1.54, 1.807) is 18.9 Å². The van der Waals surface area contributed by atoms with Crippen molar-refractivity contribution < 1.29 is 8.95 Å². The molecule has 4 heteroatoms. The molecule has 1 heterocycles. The van der Waals surface area contributed by atoms with E-state index in [1.807, 2.05) is 30.3 Å². The largest absolute Gasteiger partial charge is 0.497 e. The van der Waals surface area contributed by atoms with Gasteiger partial charge in [-0.3, -0.25) is 4.21 Å². The number of benzene rings is 1. The third-order valence-corrected chi connectivity index (χ3v) is 5.38. The monoisotopic (exact) mass is 254 g/mol. The number of rotatable bonds is 2. The summed E-state index contributed by atoms with van der Waals surface area (Å²) in [6, 6.07) is 7.81. The van der Waals surface area contributed by atoms with Crippen LogP contribution < -0.4 is 4.74 Å². The summed E-state index contributed by atoms with van der Waals surface area (Å²) in [6.07, 6.45) is 3.07. The van der Waals surface area contributed by atoms with Gasteiger partial charge >= 0.3 is 0 Å². The highest BCUT2D eigenvalue weighted by Crippen LogP contribution is 2.28. The van der Waals surface area contributed by atoms with E-state index < -0.39 is 10.8 Å². The van der Waals surface area contributed by atoms with Gasteiger partial charge in [0.15, 0.2) is 0 Å². The lowest BCUT2D eigenvalue weighted by molar-refractivity contribution is 0.415. The summed E-state index contributed by atoms with van der Waals surface area (Å²) in [5.41, 5.74) is 1.08. The first-order valence-corrected chi connectivity index (χ1v) is 7.47. The minimum atomic E-state index is -0.793. The van der Waals surface area contributed by atoms with Crippen molar-refractivity contribution in [2.45, 2.75) is 6.42 Å². The van der Waals surface area contributed by atoms with Gasteiger partial charge in [0.25, 0.3) is 0 Å². The van der Waals surface area contributed by atoms with Gasteiger partial charge in [-0.15, -0.1) is 11.8 Å². The lowest BCUT2D eigenvalue weighted by Gasteiger charge is -2.12. The maximum atomic E-state index is 11.7. The molecule has 0 bridgehead atoms. The van der Waals surface area contributed by atoms with Crippen LogP contribution in [0.25, 0.3) is 6.08 Å². The van der Waals surface area contributed by atoms with Crippen molar-refractivity contribution in [2.24, 2.45) is 0 Å². The minimum Gasteiger partial charge on any atom is -0.497 e. The van der Waals surface area contributed by atoms with Gasteiger partial charge < -0.3 is 4.74 Å². The van der Waals surface area contributed by atoms with Gasteiger partial charge in [-0.05, 0) is 35.9 Å². The van der Waals surface area contributed by atoms with E-state index in [-0.39, 0.29) is 0 Å². The zero-order valence-electron chi connectivity index (χ0n) is 9.14. The van der Waals surface area contributed by atoms with E-state index in [0.29, 0.717) is 0 Å². The molecule has 1 aliphatic rings. The van der Waals surface area contributed by atoms with Gasteiger partial charge in [-0.1, -0.05) is 12.1 Å². The van der Waals surface area contributed by atoms with Crippen LogP contribution in [0.15, 0.2) is 28.5 Å². The van der Waals surface area contributed by atoms with E-state index in [4.69, 9.17) is 4.74 Å². The predicted molar refractivity (Wildman–Crippen MR) is 71.1 cm³/mol. The molecule has 0 spiro atoms. The second-order valence-corrected chi connectivity index (χ2v) is 6.42. The fraction of sp³-hybridized carbons (Fsp3) is 0.333. The van der Waals surface area contributed by atoms with Gasteiger partial charge in [0, 0.05) is 5.75 Å². The molecule has 0 saturated carbocycles. The molecule has 1 unspecified atom stereocenters. The molecule has 86 valence electrons. The van der Waals surface area contributed by atoms with Crippen LogP contribution >= 0.6 is 11.8 Å². The highest BCUT2D eigenvalue weighted by atomic mass is 32.2. The van der Waals surface area contributed by atoms with Gasteiger partial charge in [0.05, 0.1) is 22.1 Å². The number of thioether (sulfide) groups is 1. The molecule has 1 fully saturated rings. The average Bonchev–Trinajstić information content (AvgIpc) is 2.33. The summed E-state index contributed by atoms with van der Waals surface area (Å²) in [5.74, 6) is 2.72. The molecule has 1 aromatic carbocycles. The molecule has 1 atom stereocenters. The van der Waals surface area contributed by atoms with Crippen LogP contribution in [0.1, 0.15) is 12.0 Å². The van der Waals surface area contributed by atoms with Crippen LogP contribution in [0.5, 0.6) is 5.75 Å². The normalized spacial score (nSPS) is 23.3. The maximum absolute atomic E-state index is 11.7. The predicted octanol–water partition coefficient (Wildman–Crippen LogP) is 2.88. The summed E-state index contributed by atoms with van der Waals surface area (Å²) in [6.45, 7) is 0. The quantitative estimate of drug-likeness (QED) is 0.812. The molecule has 1 aromatic rings. The first kappa shape index (κ1) is 11.7. The van der Waals surface area contributed by atoms with E-state index in [1.165, 1.54) is 0 Å². The van der Waals surface area contributed by atoms with Crippen molar-refractivity contribution >= 4 is 28.6 Å². The molecule has 2 nitrogen and oxygen atoms in total. The van der Waals surface area contributed by atoms with Gasteiger partial charge in [-0.2, -0.15) is 0 Å². The second kappa shape index (κ2) is 5.55. The Bertz CT molecular complexity index is 410. The Morgan fingerprint density at radius 3 is 2.75 bits per heavy atom. The van der Waals surface area contributed by atoms with E-state index in [9.17, 15) is 4.21 Å². The van der Waals surface area contributed by atoms with Crippen molar-refractivity contribution in [1.29, 1.82) is 0 Å². The van der Waals surface area contributed by atoms with Crippen molar-refractivity contribution in [3.63, 3.8) is 0 Å². The fourth-order valence-electron chi connectivity index (χ4n) is 1.47. The smallest absolute Gasteiger partial charge is 0.118 e. The van der Waals surface area contributed by atoms with Crippen molar-refractivity contribution in [1.82, 2.24) is 0 Å². The summed E-state index contributed by atoms with van der Waals surface area (Å²) >= 11 is 1.71. The molecule has 0 radical (unpaired) electrons. The van der Waals surface area contributed by atoms with Gasteiger partial charge in [-0.25, -0.2) is 0 Å². The minimum absolute atomic E-state index is 0.793. The average molecular weight is 254 g/mol. The van der Waals surface area contributed by atoms with Crippen LogP contribution in [0.4, 0.5) is 0 Å². The SMILES string of the molecule is COc1ccc(C=C2SCCCS2=O)cc1. The van der Waals surface area contributed by atoms with E-state index >= 15 is 0 Å². The zero-order valence-corrected chi connectivity index (χ0v) is 10.8. The van der Waals surface area contributed by atoms with Crippen LogP contribution in [-0.4, -0.2) is 22.8 Å². The molecule has 16 heavy (non-hydrogen) atoms. The Labute approximate surface area is 103 Å². The van der Waals surface area contributed by atoms with E-state index in [0.717, 1.165) is 33.5 Å². The molecule has 0 amide bonds. The third-order valence-electron chi connectivity index (χ3n) is 2.34. The van der Waals surface area contributed by atoms with Crippen molar-refractivity contribution in [2.75, 3.05) is 18.6 Å². The van der Waals surface area contributed by atoms with Gasteiger partial charge in [0.2, 0.25) is 0 Å². The molecule has 1 aliphatic heterocycles. The summed E-state index contributed by atoms with van der Waals surface area (Å²) in [7, 11) is 0.859. The molecule has 2 rings (SSSR count).